The number of likely N-dealkylation sites (tertiary alicyclic amines) is 1. The topological polar surface area (TPSA) is 71.4 Å². The van der Waals surface area contributed by atoms with E-state index in [4.69, 9.17) is 0 Å². The molecule has 180 valence electrons. The van der Waals surface area contributed by atoms with Gasteiger partial charge in [0.25, 0.3) is 5.91 Å². The Labute approximate surface area is 204 Å². The molecule has 4 aromatic rings. The minimum atomic E-state index is -3.75. The van der Waals surface area contributed by atoms with Crippen LogP contribution >= 0.6 is 0 Å². The number of para-hydroxylation sites is 1. The zero-order valence-corrected chi connectivity index (χ0v) is 19.9. The van der Waals surface area contributed by atoms with Gasteiger partial charge >= 0.3 is 0 Å². The smallest absolute Gasteiger partial charge is 0.256 e. The van der Waals surface area contributed by atoms with Gasteiger partial charge in [-0.15, -0.1) is 0 Å². The number of benzene rings is 3. The summed E-state index contributed by atoms with van der Waals surface area (Å²) in [6.07, 6.45) is 2.94. The second kappa shape index (κ2) is 9.64. The lowest BCUT2D eigenvalue weighted by Gasteiger charge is -2.32. The molecule has 0 aliphatic carbocycles. The number of halogens is 1. The van der Waals surface area contributed by atoms with Crippen LogP contribution in [0, 0.1) is 5.82 Å². The molecular weight excluding hydrogens is 465 g/mol. The number of fused-ring (bicyclic) bond motifs is 1. The van der Waals surface area contributed by atoms with Gasteiger partial charge in [-0.1, -0.05) is 48.5 Å². The highest BCUT2D eigenvalue weighted by Crippen LogP contribution is 2.25. The molecule has 2 heterocycles. The number of nitrogens with zero attached hydrogens (tertiary/aromatic N) is 2. The Morgan fingerprint density at radius 2 is 1.57 bits per heavy atom. The molecule has 3 aromatic carbocycles. The van der Waals surface area contributed by atoms with Crippen molar-refractivity contribution in [3.8, 4) is 0 Å². The number of amides is 1. The fraction of sp³-hybridized carbons (Fsp3) is 0.222. The van der Waals surface area contributed by atoms with E-state index in [1.165, 1.54) is 12.1 Å². The second-order valence-electron chi connectivity index (χ2n) is 8.82. The van der Waals surface area contributed by atoms with Gasteiger partial charge in [0.1, 0.15) is 5.82 Å². The summed E-state index contributed by atoms with van der Waals surface area (Å²) in [5, 5.41) is 0.910. The van der Waals surface area contributed by atoms with Gasteiger partial charge < -0.3 is 9.47 Å². The molecule has 1 aliphatic rings. The zero-order valence-electron chi connectivity index (χ0n) is 19.1. The third-order valence-corrected chi connectivity index (χ3v) is 7.98. The Morgan fingerprint density at radius 3 is 2.29 bits per heavy atom. The molecule has 0 saturated carbocycles. The van der Waals surface area contributed by atoms with Crippen LogP contribution in [0.5, 0.6) is 0 Å². The highest BCUT2D eigenvalue weighted by Gasteiger charge is 2.28. The summed E-state index contributed by atoms with van der Waals surface area (Å²) >= 11 is 0. The van der Waals surface area contributed by atoms with E-state index in [1.807, 2.05) is 48.7 Å². The van der Waals surface area contributed by atoms with Crippen LogP contribution in [-0.4, -0.2) is 42.9 Å². The van der Waals surface area contributed by atoms with E-state index < -0.39 is 15.8 Å². The maximum Gasteiger partial charge on any atom is 0.256 e. The van der Waals surface area contributed by atoms with Crippen molar-refractivity contribution in [1.29, 1.82) is 0 Å². The summed E-state index contributed by atoms with van der Waals surface area (Å²) in [5.74, 6) is -0.534. The Kier molecular flexibility index (Phi) is 6.40. The number of carbonyl (C=O) groups is 1. The van der Waals surface area contributed by atoms with Crippen molar-refractivity contribution in [3.63, 3.8) is 0 Å². The number of rotatable bonds is 6. The molecule has 6 nitrogen and oxygen atoms in total. The molecule has 0 radical (unpaired) electrons. The van der Waals surface area contributed by atoms with Crippen LogP contribution in [-0.2, 0) is 16.6 Å². The van der Waals surface area contributed by atoms with E-state index in [0.29, 0.717) is 38.0 Å². The van der Waals surface area contributed by atoms with Crippen molar-refractivity contribution in [1.82, 2.24) is 14.2 Å². The second-order valence-corrected chi connectivity index (χ2v) is 10.5. The third kappa shape index (κ3) is 4.99. The maximum atomic E-state index is 13.5. The minimum absolute atomic E-state index is 0.0311. The first-order chi connectivity index (χ1) is 16.9. The van der Waals surface area contributed by atoms with E-state index in [-0.39, 0.29) is 16.8 Å². The third-order valence-electron chi connectivity index (χ3n) is 6.44. The van der Waals surface area contributed by atoms with Crippen molar-refractivity contribution in [3.05, 3.63) is 102 Å². The number of hydrogen-bond donors (Lipinski definition) is 1. The van der Waals surface area contributed by atoms with Gasteiger partial charge in [-0.25, -0.2) is 17.5 Å². The molecule has 5 rings (SSSR count). The first-order valence-corrected chi connectivity index (χ1v) is 13.1. The van der Waals surface area contributed by atoms with Crippen LogP contribution in [0.3, 0.4) is 0 Å². The van der Waals surface area contributed by atoms with Gasteiger partial charge in [0, 0.05) is 42.8 Å². The van der Waals surface area contributed by atoms with Gasteiger partial charge in [-0.2, -0.15) is 0 Å². The molecule has 1 aromatic heterocycles. The van der Waals surface area contributed by atoms with Crippen molar-refractivity contribution in [2.24, 2.45) is 0 Å². The molecule has 1 amide bonds. The zero-order chi connectivity index (χ0) is 24.4. The summed E-state index contributed by atoms with van der Waals surface area (Å²) in [5.41, 5.74) is 2.81. The predicted octanol–water partition coefficient (Wildman–Crippen LogP) is 4.41. The molecule has 35 heavy (non-hydrogen) atoms. The normalized spacial score (nSPS) is 14.9. The van der Waals surface area contributed by atoms with Crippen LogP contribution in [0.25, 0.3) is 10.9 Å². The molecule has 1 fully saturated rings. The number of aromatic nitrogens is 1. The highest BCUT2D eigenvalue weighted by molar-refractivity contribution is 7.89. The maximum absolute atomic E-state index is 13.5. The van der Waals surface area contributed by atoms with Gasteiger partial charge in [-0.3, -0.25) is 4.79 Å². The molecule has 1 saturated heterocycles. The SMILES string of the molecule is O=C(c1cn(Cc2ccccc2)c2ccccc12)N1CCC(NS(=O)(=O)c2ccc(F)cc2)CC1. The van der Waals surface area contributed by atoms with E-state index in [0.717, 1.165) is 28.6 Å². The van der Waals surface area contributed by atoms with Crippen molar-refractivity contribution >= 4 is 26.8 Å². The van der Waals surface area contributed by atoms with Crippen LogP contribution in [0.2, 0.25) is 0 Å². The van der Waals surface area contributed by atoms with E-state index in [1.54, 1.807) is 4.90 Å². The molecule has 0 unspecified atom stereocenters. The standard InChI is InChI=1S/C27H26FN3O3S/c28-21-10-12-23(13-11-21)35(33,34)29-22-14-16-30(17-15-22)27(32)25-19-31(18-20-6-2-1-3-7-20)26-9-5-4-8-24(25)26/h1-13,19,22,29H,14-18H2. The molecule has 8 heteroatoms. The molecule has 1 aliphatic heterocycles. The number of nitrogens with one attached hydrogen (secondary N) is 1. The molecule has 0 atom stereocenters. The quantitative estimate of drug-likeness (QED) is 0.434. The van der Waals surface area contributed by atoms with Gasteiger partial charge in [0.15, 0.2) is 0 Å². The first kappa shape index (κ1) is 23.3. The number of sulfonamides is 1. The lowest BCUT2D eigenvalue weighted by atomic mass is 10.0. The largest absolute Gasteiger partial charge is 0.342 e. The Morgan fingerprint density at radius 1 is 0.914 bits per heavy atom. The Balaban J connectivity index is 1.29. The predicted molar refractivity (Wildman–Crippen MR) is 133 cm³/mol. The van der Waals surface area contributed by atoms with Crippen LogP contribution in [0.15, 0.2) is 90.0 Å². The summed E-state index contributed by atoms with van der Waals surface area (Å²) < 4.78 is 43.2. The first-order valence-electron chi connectivity index (χ1n) is 11.6. The monoisotopic (exact) mass is 491 g/mol. The number of hydrogen-bond acceptors (Lipinski definition) is 3. The Bertz CT molecular complexity index is 1440. The fourth-order valence-corrected chi connectivity index (χ4v) is 5.91. The summed E-state index contributed by atoms with van der Waals surface area (Å²) in [7, 11) is -3.75. The van der Waals surface area contributed by atoms with E-state index in [2.05, 4.69) is 21.4 Å². The summed E-state index contributed by atoms with van der Waals surface area (Å²) in [4.78, 5) is 15.3. The summed E-state index contributed by atoms with van der Waals surface area (Å²) in [6, 6.07) is 22.5. The average molecular weight is 492 g/mol. The summed E-state index contributed by atoms with van der Waals surface area (Å²) in [6.45, 7) is 1.57. The van der Waals surface area contributed by atoms with Crippen molar-refractivity contribution in [2.45, 2.75) is 30.3 Å². The average Bonchev–Trinajstić information content (AvgIpc) is 3.23. The van der Waals surface area contributed by atoms with E-state index >= 15 is 0 Å². The lowest BCUT2D eigenvalue weighted by molar-refractivity contribution is 0.0713. The molecule has 1 N–H and O–H groups in total. The number of piperidine rings is 1. The molecule has 0 spiro atoms. The molecular formula is C27H26FN3O3S. The van der Waals surface area contributed by atoms with Gasteiger partial charge in [0.05, 0.1) is 10.5 Å². The minimum Gasteiger partial charge on any atom is -0.342 e. The van der Waals surface area contributed by atoms with Crippen molar-refractivity contribution < 1.29 is 17.6 Å². The van der Waals surface area contributed by atoms with Gasteiger partial charge in [0.2, 0.25) is 10.0 Å². The van der Waals surface area contributed by atoms with Crippen LogP contribution in [0.4, 0.5) is 4.39 Å². The highest BCUT2D eigenvalue weighted by atomic mass is 32.2. The molecule has 0 bridgehead atoms. The lowest BCUT2D eigenvalue weighted by Crippen LogP contribution is -2.46. The van der Waals surface area contributed by atoms with Crippen LogP contribution < -0.4 is 4.72 Å². The fourth-order valence-electron chi connectivity index (χ4n) is 4.60. The Hall–Kier alpha value is -3.49. The number of carbonyl (C=O) groups excluding carboxylic acids is 1. The van der Waals surface area contributed by atoms with E-state index in [9.17, 15) is 17.6 Å². The van der Waals surface area contributed by atoms with Gasteiger partial charge in [-0.05, 0) is 48.7 Å². The van der Waals surface area contributed by atoms with Crippen molar-refractivity contribution in [2.75, 3.05) is 13.1 Å². The van der Waals surface area contributed by atoms with Crippen LogP contribution in [0.1, 0.15) is 28.8 Å².